The second kappa shape index (κ2) is 6.92. The van der Waals surface area contributed by atoms with Crippen molar-refractivity contribution < 1.29 is 22.8 Å². The van der Waals surface area contributed by atoms with Gasteiger partial charge in [-0.1, -0.05) is 6.92 Å². The third kappa shape index (κ3) is 5.72. The molecule has 0 aliphatic rings. The molecule has 1 heterocycles. The first kappa shape index (κ1) is 16.0. The Kier molecular flexibility index (Phi) is 5.53. The highest BCUT2D eigenvalue weighted by Gasteiger charge is 2.27. The van der Waals surface area contributed by atoms with Crippen molar-refractivity contribution in [2.75, 3.05) is 18.5 Å². The van der Waals surface area contributed by atoms with Gasteiger partial charge in [-0.05, 0) is 6.42 Å². The largest absolute Gasteiger partial charge is 0.477 e. The van der Waals surface area contributed by atoms with Crippen LogP contribution in [0.1, 0.15) is 19.8 Å². The number of anilines is 1. The number of alkyl halides is 3. The van der Waals surface area contributed by atoms with E-state index in [-0.39, 0.29) is 17.4 Å². The zero-order valence-corrected chi connectivity index (χ0v) is 10.7. The molecule has 20 heavy (non-hydrogen) atoms. The molecular formula is C11H14F3N3O3. The van der Waals surface area contributed by atoms with Crippen LogP contribution in [0.15, 0.2) is 12.1 Å². The topological polar surface area (TPSA) is 77.3 Å². The summed E-state index contributed by atoms with van der Waals surface area (Å²) in [7, 11) is 0. The predicted molar refractivity (Wildman–Crippen MR) is 65.8 cm³/mol. The highest BCUT2D eigenvalue weighted by Crippen LogP contribution is 2.24. The number of nitro groups is 1. The number of pyridine rings is 1. The maximum atomic E-state index is 12.0. The lowest BCUT2D eigenvalue weighted by Crippen LogP contribution is -2.13. The van der Waals surface area contributed by atoms with Crippen molar-refractivity contribution in [3.8, 4) is 5.88 Å². The molecular weight excluding hydrogens is 279 g/mol. The molecule has 0 saturated carbocycles. The Bertz CT molecular complexity index is 466. The van der Waals surface area contributed by atoms with E-state index in [1.54, 1.807) is 0 Å². The van der Waals surface area contributed by atoms with Crippen molar-refractivity contribution in [2.45, 2.75) is 25.9 Å². The number of hydrogen-bond acceptors (Lipinski definition) is 5. The molecule has 1 N–H and O–H groups in total. The Morgan fingerprint density at radius 3 is 2.70 bits per heavy atom. The van der Waals surface area contributed by atoms with Crippen molar-refractivity contribution in [3.63, 3.8) is 0 Å². The smallest absolute Gasteiger partial charge is 0.392 e. The molecule has 0 bridgehead atoms. The number of nitrogens with one attached hydrogen (secondary N) is 1. The van der Waals surface area contributed by atoms with Crippen molar-refractivity contribution in [1.29, 1.82) is 0 Å². The Morgan fingerprint density at radius 1 is 1.45 bits per heavy atom. The first-order chi connectivity index (χ1) is 9.31. The van der Waals surface area contributed by atoms with Gasteiger partial charge in [0, 0.05) is 6.54 Å². The van der Waals surface area contributed by atoms with Crippen LogP contribution in [0.2, 0.25) is 0 Å². The standard InChI is InChI=1S/C11H14F3N3O3/c1-2-4-15-9-6-8(17(18)19)7-10(16-9)20-5-3-11(12,13)14/h6-7H,2-5H2,1H3,(H,15,16). The van der Waals surface area contributed by atoms with Gasteiger partial charge >= 0.3 is 6.18 Å². The molecule has 0 aliphatic carbocycles. The van der Waals surface area contributed by atoms with E-state index in [1.165, 1.54) is 6.07 Å². The molecule has 0 atom stereocenters. The summed E-state index contributed by atoms with van der Waals surface area (Å²) in [5, 5.41) is 13.5. The maximum absolute atomic E-state index is 12.0. The zero-order chi connectivity index (χ0) is 15.2. The molecule has 0 radical (unpaired) electrons. The SMILES string of the molecule is CCCNc1cc([N+](=O)[O-])cc(OCCC(F)(F)F)n1. The summed E-state index contributed by atoms with van der Waals surface area (Å²) in [4.78, 5) is 13.9. The Hall–Kier alpha value is -2.06. The molecule has 0 saturated heterocycles. The summed E-state index contributed by atoms with van der Waals surface area (Å²) >= 11 is 0. The summed E-state index contributed by atoms with van der Waals surface area (Å²) in [6.45, 7) is 1.80. The minimum absolute atomic E-state index is 0.197. The third-order valence-corrected chi connectivity index (χ3v) is 2.19. The van der Waals surface area contributed by atoms with E-state index in [4.69, 9.17) is 4.74 Å². The van der Waals surface area contributed by atoms with E-state index in [2.05, 4.69) is 10.3 Å². The molecule has 0 amide bonds. The molecule has 112 valence electrons. The van der Waals surface area contributed by atoms with Gasteiger partial charge < -0.3 is 10.1 Å². The van der Waals surface area contributed by atoms with Crippen LogP contribution in [0, 0.1) is 10.1 Å². The van der Waals surface area contributed by atoms with Gasteiger partial charge in [-0.3, -0.25) is 10.1 Å². The fourth-order valence-electron chi connectivity index (χ4n) is 1.29. The monoisotopic (exact) mass is 293 g/mol. The fraction of sp³-hybridized carbons (Fsp3) is 0.545. The van der Waals surface area contributed by atoms with Gasteiger partial charge in [0.15, 0.2) is 0 Å². The number of nitrogens with zero attached hydrogens (tertiary/aromatic N) is 2. The van der Waals surface area contributed by atoms with Crippen LogP contribution in [-0.4, -0.2) is 29.2 Å². The van der Waals surface area contributed by atoms with E-state index in [0.717, 1.165) is 12.5 Å². The summed E-state index contributed by atoms with van der Waals surface area (Å²) in [5.41, 5.74) is -0.291. The van der Waals surface area contributed by atoms with Crippen LogP contribution in [0.3, 0.4) is 0 Å². The van der Waals surface area contributed by atoms with Crippen molar-refractivity contribution in [1.82, 2.24) is 4.98 Å². The molecule has 1 rings (SSSR count). The number of halogens is 3. The van der Waals surface area contributed by atoms with Crippen LogP contribution in [0.4, 0.5) is 24.7 Å². The van der Waals surface area contributed by atoms with Crippen molar-refractivity contribution in [2.24, 2.45) is 0 Å². The number of rotatable bonds is 7. The normalized spacial score (nSPS) is 11.2. The fourth-order valence-corrected chi connectivity index (χ4v) is 1.29. The quantitative estimate of drug-likeness (QED) is 0.617. The van der Waals surface area contributed by atoms with E-state index in [9.17, 15) is 23.3 Å². The van der Waals surface area contributed by atoms with Gasteiger partial charge in [-0.25, -0.2) is 0 Å². The average Bonchev–Trinajstić information content (AvgIpc) is 2.34. The predicted octanol–water partition coefficient (Wildman–Crippen LogP) is 3.14. The lowest BCUT2D eigenvalue weighted by atomic mass is 10.3. The number of hydrogen-bond donors (Lipinski definition) is 1. The first-order valence-electron chi connectivity index (χ1n) is 5.91. The summed E-state index contributed by atoms with van der Waals surface area (Å²) in [5.74, 6) is -0.00916. The van der Waals surface area contributed by atoms with E-state index in [1.807, 2.05) is 6.92 Å². The molecule has 1 aromatic heterocycles. The molecule has 6 nitrogen and oxygen atoms in total. The van der Waals surface area contributed by atoms with Gasteiger partial charge in [0.1, 0.15) is 5.82 Å². The Balaban J connectivity index is 2.77. The summed E-state index contributed by atoms with van der Waals surface area (Å²) in [6, 6.07) is 2.19. The van der Waals surface area contributed by atoms with Crippen molar-refractivity contribution in [3.05, 3.63) is 22.2 Å². The molecule has 0 unspecified atom stereocenters. The van der Waals surface area contributed by atoms with Gasteiger partial charge in [0.05, 0.1) is 30.1 Å². The van der Waals surface area contributed by atoms with Crippen LogP contribution in [-0.2, 0) is 0 Å². The number of ether oxygens (including phenoxy) is 1. The van der Waals surface area contributed by atoms with Gasteiger partial charge in [-0.15, -0.1) is 0 Å². The molecule has 0 fully saturated rings. The van der Waals surface area contributed by atoms with Crippen LogP contribution < -0.4 is 10.1 Å². The average molecular weight is 293 g/mol. The summed E-state index contributed by atoms with van der Waals surface area (Å²) < 4.78 is 40.8. The van der Waals surface area contributed by atoms with Crippen LogP contribution >= 0.6 is 0 Å². The molecule has 0 aliphatic heterocycles. The Labute approximate surface area is 113 Å². The second-order valence-electron chi connectivity index (χ2n) is 3.95. The first-order valence-corrected chi connectivity index (χ1v) is 5.91. The molecule has 1 aromatic rings. The lowest BCUT2D eigenvalue weighted by molar-refractivity contribution is -0.384. The Morgan fingerprint density at radius 2 is 2.15 bits per heavy atom. The van der Waals surface area contributed by atoms with Crippen LogP contribution in [0.25, 0.3) is 0 Å². The van der Waals surface area contributed by atoms with Crippen molar-refractivity contribution >= 4 is 11.5 Å². The van der Waals surface area contributed by atoms with Gasteiger partial charge in [0.25, 0.3) is 5.69 Å². The maximum Gasteiger partial charge on any atom is 0.392 e. The van der Waals surface area contributed by atoms with Gasteiger partial charge in [0.2, 0.25) is 5.88 Å². The van der Waals surface area contributed by atoms with E-state index >= 15 is 0 Å². The lowest BCUT2D eigenvalue weighted by Gasteiger charge is -2.09. The van der Waals surface area contributed by atoms with E-state index < -0.39 is 24.1 Å². The van der Waals surface area contributed by atoms with Crippen LogP contribution in [0.5, 0.6) is 5.88 Å². The highest BCUT2D eigenvalue weighted by molar-refractivity contribution is 5.48. The number of aromatic nitrogens is 1. The molecule has 9 heteroatoms. The van der Waals surface area contributed by atoms with E-state index in [0.29, 0.717) is 6.54 Å². The highest BCUT2D eigenvalue weighted by atomic mass is 19.4. The van der Waals surface area contributed by atoms with Gasteiger partial charge in [-0.2, -0.15) is 18.2 Å². The minimum Gasteiger partial charge on any atom is -0.477 e. The second-order valence-corrected chi connectivity index (χ2v) is 3.95. The summed E-state index contributed by atoms with van der Waals surface area (Å²) in [6.07, 6.45) is -4.71. The minimum atomic E-state index is -4.34. The molecule has 0 aromatic carbocycles. The third-order valence-electron chi connectivity index (χ3n) is 2.19. The zero-order valence-electron chi connectivity index (χ0n) is 10.7. The molecule has 0 spiro atoms.